The normalized spacial score (nSPS) is 10.7. The van der Waals surface area contributed by atoms with E-state index in [9.17, 15) is 0 Å². The van der Waals surface area contributed by atoms with Gasteiger partial charge in [-0.05, 0) is 12.8 Å². The first kappa shape index (κ1) is 14.7. The number of nitrogens with zero attached hydrogens (tertiary/aromatic N) is 1. The average Bonchev–Trinajstić information content (AvgIpc) is 1.97. The summed E-state index contributed by atoms with van der Waals surface area (Å²) in [5.74, 6) is 0.109. The van der Waals surface area contributed by atoms with Crippen molar-refractivity contribution in [1.29, 1.82) is 5.41 Å². The van der Waals surface area contributed by atoms with E-state index in [0.29, 0.717) is 5.96 Å². The molecule has 0 spiro atoms. The topological polar surface area (TPSA) is 105 Å². The highest BCUT2D eigenvalue weighted by atomic mass is 35.5. The van der Waals surface area contributed by atoms with Crippen molar-refractivity contribution in [2.24, 2.45) is 16.5 Å². The SMILES string of the molecule is CCCCC[NH2+]/C(N)=N/C(=N)N.[Cl-]. The van der Waals surface area contributed by atoms with Gasteiger partial charge in [0, 0.05) is 0 Å². The monoisotopic (exact) mass is 207 g/mol. The second-order valence-electron chi connectivity index (χ2n) is 2.62. The maximum absolute atomic E-state index is 6.83. The summed E-state index contributed by atoms with van der Waals surface area (Å²) < 4.78 is 0. The highest BCUT2D eigenvalue weighted by Crippen LogP contribution is 1.88. The van der Waals surface area contributed by atoms with Crippen molar-refractivity contribution in [3.63, 3.8) is 0 Å². The first-order chi connectivity index (χ1) is 5.66. The molecule has 0 rings (SSSR count). The van der Waals surface area contributed by atoms with Gasteiger partial charge >= 0.3 is 0 Å². The van der Waals surface area contributed by atoms with E-state index in [-0.39, 0.29) is 18.4 Å². The number of rotatable bonds is 4. The predicted octanol–water partition coefficient (Wildman–Crippen LogP) is -4.05. The number of unbranched alkanes of at least 4 members (excludes halogenated alkanes) is 2. The van der Waals surface area contributed by atoms with E-state index in [2.05, 4.69) is 11.9 Å². The molecule has 0 aromatic carbocycles. The molecule has 0 radical (unpaired) electrons. The summed E-state index contributed by atoms with van der Waals surface area (Å²) >= 11 is 0. The largest absolute Gasteiger partial charge is 1.00 e. The highest BCUT2D eigenvalue weighted by molar-refractivity contribution is 5.87. The minimum Gasteiger partial charge on any atom is -1.00 e. The molecule has 0 amide bonds. The molecule has 5 nitrogen and oxygen atoms in total. The van der Waals surface area contributed by atoms with Crippen molar-refractivity contribution in [3.8, 4) is 0 Å². The van der Waals surface area contributed by atoms with Gasteiger partial charge in [-0.15, -0.1) is 4.99 Å². The first-order valence-corrected chi connectivity index (χ1v) is 4.18. The summed E-state index contributed by atoms with van der Waals surface area (Å²) in [7, 11) is 0. The molecule has 0 atom stereocenters. The molecule has 78 valence electrons. The zero-order valence-corrected chi connectivity index (χ0v) is 8.64. The van der Waals surface area contributed by atoms with Crippen LogP contribution < -0.4 is 29.2 Å². The van der Waals surface area contributed by atoms with Gasteiger partial charge < -0.3 is 23.9 Å². The molecule has 0 aliphatic carbocycles. The van der Waals surface area contributed by atoms with Crippen LogP contribution in [0.5, 0.6) is 0 Å². The van der Waals surface area contributed by atoms with E-state index in [1.165, 1.54) is 12.8 Å². The van der Waals surface area contributed by atoms with Crippen molar-refractivity contribution < 1.29 is 17.7 Å². The third-order valence-corrected chi connectivity index (χ3v) is 1.41. The van der Waals surface area contributed by atoms with E-state index in [1.807, 2.05) is 0 Å². The second kappa shape index (κ2) is 9.28. The Hall–Kier alpha value is -0.810. The molecule has 0 fully saturated rings. The van der Waals surface area contributed by atoms with Crippen LogP contribution in [0.3, 0.4) is 0 Å². The molecular formula is C7H18ClN5. The predicted molar refractivity (Wildman–Crippen MR) is 49.9 cm³/mol. The number of aliphatic imine (C=N–C) groups is 1. The third kappa shape index (κ3) is 11.2. The molecule has 0 aliphatic rings. The Balaban J connectivity index is 0. The summed E-state index contributed by atoms with van der Waals surface area (Å²) in [5, 5.41) is 8.63. The molecule has 0 aromatic heterocycles. The Morgan fingerprint density at radius 1 is 1.38 bits per heavy atom. The van der Waals surface area contributed by atoms with E-state index in [0.717, 1.165) is 13.0 Å². The Labute approximate surface area is 84.9 Å². The Kier molecular flexibility index (Phi) is 10.5. The van der Waals surface area contributed by atoms with Gasteiger partial charge in [-0.25, -0.2) is 0 Å². The second-order valence-corrected chi connectivity index (χ2v) is 2.62. The number of nitrogens with two attached hydrogens (primary N) is 3. The van der Waals surface area contributed by atoms with Crippen LogP contribution in [0.2, 0.25) is 0 Å². The summed E-state index contributed by atoms with van der Waals surface area (Å²) in [6.45, 7) is 3.06. The van der Waals surface area contributed by atoms with Crippen molar-refractivity contribution in [2.45, 2.75) is 26.2 Å². The van der Waals surface area contributed by atoms with Crippen LogP contribution in [0, 0.1) is 5.41 Å². The van der Waals surface area contributed by atoms with E-state index < -0.39 is 0 Å². The molecular weight excluding hydrogens is 190 g/mol. The minimum atomic E-state index is -0.237. The van der Waals surface area contributed by atoms with Crippen LogP contribution in [0.4, 0.5) is 0 Å². The van der Waals surface area contributed by atoms with E-state index in [1.54, 1.807) is 5.32 Å². The molecule has 0 aliphatic heterocycles. The van der Waals surface area contributed by atoms with Crippen LogP contribution >= 0.6 is 0 Å². The van der Waals surface area contributed by atoms with Crippen LogP contribution in [0.1, 0.15) is 26.2 Å². The van der Waals surface area contributed by atoms with Crippen molar-refractivity contribution >= 4 is 11.9 Å². The fourth-order valence-electron chi connectivity index (χ4n) is 0.829. The lowest BCUT2D eigenvalue weighted by atomic mass is 10.2. The quantitative estimate of drug-likeness (QED) is 0.214. The molecule has 0 unspecified atom stereocenters. The number of guanidine groups is 2. The molecule has 0 aromatic rings. The number of quaternary nitrogens is 1. The molecule has 13 heavy (non-hydrogen) atoms. The Morgan fingerprint density at radius 2 is 2.00 bits per heavy atom. The maximum Gasteiger partial charge on any atom is 0.299 e. The summed E-state index contributed by atoms with van der Waals surface area (Å²) in [6.07, 6.45) is 3.51. The summed E-state index contributed by atoms with van der Waals surface area (Å²) in [5.41, 5.74) is 10.5. The van der Waals surface area contributed by atoms with Crippen LogP contribution in [-0.4, -0.2) is 18.5 Å². The van der Waals surface area contributed by atoms with Crippen molar-refractivity contribution in [1.82, 2.24) is 0 Å². The lowest BCUT2D eigenvalue weighted by Crippen LogP contribution is -3.00. The van der Waals surface area contributed by atoms with E-state index in [4.69, 9.17) is 16.9 Å². The minimum absolute atomic E-state index is 0. The maximum atomic E-state index is 6.83. The molecule has 0 bridgehead atoms. The summed E-state index contributed by atoms with van der Waals surface area (Å²) in [6, 6.07) is 0. The number of nitrogens with one attached hydrogen (secondary N) is 1. The zero-order valence-electron chi connectivity index (χ0n) is 7.89. The Bertz CT molecular complexity index is 168. The van der Waals surface area contributed by atoms with Crippen LogP contribution in [0.25, 0.3) is 0 Å². The van der Waals surface area contributed by atoms with Crippen LogP contribution in [0.15, 0.2) is 4.99 Å². The van der Waals surface area contributed by atoms with Gasteiger partial charge in [-0.2, -0.15) is 0 Å². The van der Waals surface area contributed by atoms with E-state index >= 15 is 0 Å². The standard InChI is InChI=1S/C7H17N5.ClH/c1-2-3-4-5-11-7(10)12-6(8)9;/h2-5H2,1H3,(H6,8,9,10,11,12);1H. The summed E-state index contributed by atoms with van der Waals surface area (Å²) in [4.78, 5) is 3.57. The molecule has 6 heteroatoms. The Morgan fingerprint density at radius 3 is 2.46 bits per heavy atom. The fraction of sp³-hybridized carbons (Fsp3) is 0.714. The number of halogens is 1. The molecule has 0 saturated carbocycles. The average molecular weight is 208 g/mol. The van der Waals surface area contributed by atoms with Gasteiger partial charge in [0.2, 0.25) is 5.96 Å². The van der Waals surface area contributed by atoms with Gasteiger partial charge in [0.05, 0.1) is 6.54 Å². The lowest BCUT2D eigenvalue weighted by Gasteiger charge is -1.97. The van der Waals surface area contributed by atoms with Gasteiger partial charge in [-0.3, -0.25) is 10.7 Å². The number of hydrogen-bond acceptors (Lipinski definition) is 1. The number of hydrogen-bond donors (Lipinski definition) is 4. The lowest BCUT2D eigenvalue weighted by molar-refractivity contribution is -0.542. The van der Waals surface area contributed by atoms with Gasteiger partial charge in [0.1, 0.15) is 0 Å². The molecule has 7 N–H and O–H groups in total. The fourth-order valence-corrected chi connectivity index (χ4v) is 0.829. The molecule has 0 heterocycles. The van der Waals surface area contributed by atoms with Gasteiger partial charge in [0.25, 0.3) is 5.96 Å². The van der Waals surface area contributed by atoms with Crippen LogP contribution in [-0.2, 0) is 0 Å². The van der Waals surface area contributed by atoms with Gasteiger partial charge in [-0.1, -0.05) is 13.3 Å². The smallest absolute Gasteiger partial charge is 0.299 e. The van der Waals surface area contributed by atoms with Crippen molar-refractivity contribution in [2.75, 3.05) is 6.54 Å². The molecule has 0 saturated heterocycles. The zero-order chi connectivity index (χ0) is 9.40. The van der Waals surface area contributed by atoms with Gasteiger partial charge in [0.15, 0.2) is 0 Å². The highest BCUT2D eigenvalue weighted by Gasteiger charge is 1.96. The third-order valence-electron chi connectivity index (χ3n) is 1.41. The van der Waals surface area contributed by atoms with Crippen molar-refractivity contribution in [3.05, 3.63) is 0 Å². The first-order valence-electron chi connectivity index (χ1n) is 4.18.